The van der Waals surface area contributed by atoms with Crippen LogP contribution in [0.3, 0.4) is 0 Å². The molecular formula is C17H21NS. The van der Waals surface area contributed by atoms with Crippen molar-refractivity contribution >= 4 is 11.8 Å². The largest absolute Gasteiger partial charge is 0.324 e. The summed E-state index contributed by atoms with van der Waals surface area (Å²) in [6.45, 7) is 0. The Bertz CT molecular complexity index is 455. The van der Waals surface area contributed by atoms with Crippen LogP contribution in [0.15, 0.2) is 65.6 Å². The van der Waals surface area contributed by atoms with Gasteiger partial charge in [-0.1, -0.05) is 55.0 Å². The van der Waals surface area contributed by atoms with Gasteiger partial charge in [0, 0.05) is 10.9 Å². The lowest BCUT2D eigenvalue weighted by molar-refractivity contribution is 0.606. The topological polar surface area (TPSA) is 26.0 Å². The highest BCUT2D eigenvalue weighted by Crippen LogP contribution is 2.21. The predicted octanol–water partition coefficient (Wildman–Crippen LogP) is 4.65. The molecule has 0 spiro atoms. The molecule has 2 heteroatoms. The molecule has 0 fully saturated rings. The first-order valence-corrected chi connectivity index (χ1v) is 7.83. The first-order valence-electron chi connectivity index (χ1n) is 6.84. The summed E-state index contributed by atoms with van der Waals surface area (Å²) < 4.78 is 0. The summed E-state index contributed by atoms with van der Waals surface area (Å²) >= 11 is 1.93. The second kappa shape index (κ2) is 8.03. The Morgan fingerprint density at radius 3 is 2.16 bits per heavy atom. The third-order valence-corrected chi connectivity index (χ3v) is 4.25. The highest BCUT2D eigenvalue weighted by atomic mass is 32.2. The Labute approximate surface area is 120 Å². The van der Waals surface area contributed by atoms with Crippen molar-refractivity contribution in [3.8, 4) is 0 Å². The van der Waals surface area contributed by atoms with E-state index in [1.807, 2.05) is 17.8 Å². The van der Waals surface area contributed by atoms with E-state index in [2.05, 4.69) is 54.6 Å². The van der Waals surface area contributed by atoms with Crippen molar-refractivity contribution < 1.29 is 0 Å². The quantitative estimate of drug-likeness (QED) is 0.586. The van der Waals surface area contributed by atoms with Crippen LogP contribution in [0.5, 0.6) is 0 Å². The van der Waals surface area contributed by atoms with Gasteiger partial charge in [0.15, 0.2) is 0 Å². The number of hydrogen-bond acceptors (Lipinski definition) is 2. The van der Waals surface area contributed by atoms with Gasteiger partial charge >= 0.3 is 0 Å². The van der Waals surface area contributed by atoms with Crippen LogP contribution in [0.4, 0.5) is 0 Å². The van der Waals surface area contributed by atoms with Gasteiger partial charge in [0.2, 0.25) is 0 Å². The van der Waals surface area contributed by atoms with Gasteiger partial charge in [-0.3, -0.25) is 0 Å². The van der Waals surface area contributed by atoms with Crippen LogP contribution in [0.2, 0.25) is 0 Å². The second-order valence-corrected chi connectivity index (χ2v) is 5.84. The average molecular weight is 271 g/mol. The van der Waals surface area contributed by atoms with Crippen LogP contribution in [0, 0.1) is 0 Å². The average Bonchev–Trinajstić information content (AvgIpc) is 2.49. The molecule has 0 heterocycles. The van der Waals surface area contributed by atoms with Crippen LogP contribution >= 0.6 is 11.8 Å². The van der Waals surface area contributed by atoms with Crippen molar-refractivity contribution in [2.24, 2.45) is 5.73 Å². The van der Waals surface area contributed by atoms with Gasteiger partial charge < -0.3 is 5.73 Å². The van der Waals surface area contributed by atoms with Gasteiger partial charge in [0.25, 0.3) is 0 Å². The van der Waals surface area contributed by atoms with E-state index in [1.54, 1.807) is 0 Å². The lowest BCUT2D eigenvalue weighted by Crippen LogP contribution is -2.09. The van der Waals surface area contributed by atoms with Crippen molar-refractivity contribution in [2.75, 3.05) is 5.75 Å². The minimum absolute atomic E-state index is 0.183. The number of nitrogens with two attached hydrogens (primary N) is 1. The van der Waals surface area contributed by atoms with Gasteiger partial charge in [-0.25, -0.2) is 0 Å². The smallest absolute Gasteiger partial charge is 0.0294 e. The maximum Gasteiger partial charge on any atom is 0.0294 e. The highest BCUT2D eigenvalue weighted by Gasteiger charge is 2.04. The number of benzene rings is 2. The summed E-state index contributed by atoms with van der Waals surface area (Å²) in [6, 6.07) is 21.1. The molecule has 0 aliphatic carbocycles. The molecule has 0 saturated heterocycles. The zero-order valence-corrected chi connectivity index (χ0v) is 12.0. The lowest BCUT2D eigenvalue weighted by atomic mass is 10.0. The first kappa shape index (κ1) is 14.2. The molecule has 0 amide bonds. The molecule has 1 atom stereocenters. The standard InChI is InChI=1S/C17H21NS/c18-17(15-9-3-1-4-10-15)13-7-8-14-19-16-11-5-2-6-12-16/h1-6,9-12,17H,7-8,13-14,18H2. The van der Waals surface area contributed by atoms with Gasteiger partial charge in [0.05, 0.1) is 0 Å². The minimum atomic E-state index is 0.183. The summed E-state index contributed by atoms with van der Waals surface area (Å²) in [5, 5.41) is 0. The summed E-state index contributed by atoms with van der Waals surface area (Å²) in [7, 11) is 0. The fraction of sp³-hybridized carbons (Fsp3) is 0.294. The SMILES string of the molecule is NC(CCCCSc1ccccc1)c1ccccc1. The molecule has 2 aromatic rings. The Morgan fingerprint density at radius 1 is 0.842 bits per heavy atom. The normalized spacial score (nSPS) is 12.3. The molecule has 19 heavy (non-hydrogen) atoms. The van der Waals surface area contributed by atoms with Gasteiger partial charge in [-0.2, -0.15) is 0 Å². The van der Waals surface area contributed by atoms with Gasteiger partial charge in [-0.05, 0) is 36.3 Å². The Kier molecular flexibility index (Phi) is 5.99. The van der Waals surface area contributed by atoms with Crippen LogP contribution in [0.25, 0.3) is 0 Å². The monoisotopic (exact) mass is 271 g/mol. The Hall–Kier alpha value is -1.25. The molecule has 2 rings (SSSR count). The van der Waals surface area contributed by atoms with Crippen molar-refractivity contribution in [1.29, 1.82) is 0 Å². The van der Waals surface area contributed by atoms with Crippen LogP contribution in [-0.2, 0) is 0 Å². The number of rotatable bonds is 7. The van der Waals surface area contributed by atoms with E-state index in [0.29, 0.717) is 0 Å². The van der Waals surface area contributed by atoms with E-state index in [1.165, 1.54) is 29.1 Å². The van der Waals surface area contributed by atoms with Crippen LogP contribution < -0.4 is 5.73 Å². The summed E-state index contributed by atoms with van der Waals surface area (Å²) in [6.07, 6.45) is 3.48. The van der Waals surface area contributed by atoms with E-state index in [4.69, 9.17) is 5.73 Å². The van der Waals surface area contributed by atoms with E-state index >= 15 is 0 Å². The fourth-order valence-electron chi connectivity index (χ4n) is 2.04. The fourth-order valence-corrected chi connectivity index (χ4v) is 2.97. The maximum absolute atomic E-state index is 6.18. The van der Waals surface area contributed by atoms with Crippen LogP contribution in [-0.4, -0.2) is 5.75 Å². The number of hydrogen-bond donors (Lipinski definition) is 1. The Morgan fingerprint density at radius 2 is 1.47 bits per heavy atom. The Balaban J connectivity index is 1.62. The number of unbranched alkanes of at least 4 members (excludes halogenated alkanes) is 1. The van der Waals surface area contributed by atoms with E-state index in [9.17, 15) is 0 Å². The summed E-state index contributed by atoms with van der Waals surface area (Å²) in [5.74, 6) is 1.17. The molecular weight excluding hydrogens is 250 g/mol. The third-order valence-electron chi connectivity index (χ3n) is 3.15. The van der Waals surface area contributed by atoms with Gasteiger partial charge in [-0.15, -0.1) is 11.8 Å². The summed E-state index contributed by atoms with van der Waals surface area (Å²) in [5.41, 5.74) is 7.43. The third kappa shape index (κ3) is 5.09. The molecule has 1 nitrogen and oxygen atoms in total. The lowest BCUT2D eigenvalue weighted by Gasteiger charge is -2.11. The molecule has 0 saturated carbocycles. The van der Waals surface area contributed by atoms with Crippen molar-refractivity contribution in [1.82, 2.24) is 0 Å². The number of thioether (sulfide) groups is 1. The van der Waals surface area contributed by atoms with Gasteiger partial charge in [0.1, 0.15) is 0 Å². The van der Waals surface area contributed by atoms with Crippen LogP contribution in [0.1, 0.15) is 30.9 Å². The minimum Gasteiger partial charge on any atom is -0.324 e. The molecule has 1 unspecified atom stereocenters. The molecule has 0 aliphatic heterocycles. The van der Waals surface area contributed by atoms with Crippen molar-refractivity contribution in [3.05, 3.63) is 66.2 Å². The highest BCUT2D eigenvalue weighted by molar-refractivity contribution is 7.99. The second-order valence-electron chi connectivity index (χ2n) is 4.67. The van der Waals surface area contributed by atoms with Crippen molar-refractivity contribution in [3.63, 3.8) is 0 Å². The molecule has 2 N–H and O–H groups in total. The zero-order valence-electron chi connectivity index (χ0n) is 11.2. The first-order chi connectivity index (χ1) is 9.36. The molecule has 2 aromatic carbocycles. The molecule has 0 bridgehead atoms. The predicted molar refractivity (Wildman–Crippen MR) is 84.4 cm³/mol. The molecule has 0 aliphatic rings. The molecule has 100 valence electrons. The van der Waals surface area contributed by atoms with E-state index in [0.717, 1.165) is 6.42 Å². The zero-order chi connectivity index (χ0) is 13.3. The van der Waals surface area contributed by atoms with E-state index < -0.39 is 0 Å². The maximum atomic E-state index is 6.18. The molecule has 0 aromatic heterocycles. The summed E-state index contributed by atoms with van der Waals surface area (Å²) in [4.78, 5) is 1.36. The molecule has 0 radical (unpaired) electrons. The van der Waals surface area contributed by atoms with E-state index in [-0.39, 0.29) is 6.04 Å². The van der Waals surface area contributed by atoms with Crippen molar-refractivity contribution in [2.45, 2.75) is 30.2 Å².